The highest BCUT2D eigenvalue weighted by Gasteiger charge is 2.38. The maximum atomic E-state index is 12.5. The second-order valence-corrected chi connectivity index (χ2v) is 6.49. The van der Waals surface area contributed by atoms with Crippen LogP contribution in [0.2, 0.25) is 0 Å². The van der Waals surface area contributed by atoms with Gasteiger partial charge in [0.05, 0.1) is 0 Å². The first kappa shape index (κ1) is 18.6. The minimum atomic E-state index is -4.66. The number of benzene rings is 1. The molecule has 5 nitrogen and oxygen atoms in total. The van der Waals surface area contributed by atoms with E-state index in [1.54, 1.807) is 24.3 Å². The number of aromatic nitrogens is 2. The van der Waals surface area contributed by atoms with Gasteiger partial charge in [0.15, 0.2) is 0 Å². The molecule has 0 spiro atoms. The second kappa shape index (κ2) is 7.99. The van der Waals surface area contributed by atoms with Gasteiger partial charge in [-0.1, -0.05) is 35.8 Å². The predicted molar refractivity (Wildman–Crippen MR) is 88.4 cm³/mol. The fraction of sp³-hybridized carbons (Fsp3) is 0.500. The molecule has 0 aliphatic carbocycles. The molecule has 1 saturated heterocycles. The largest absolute Gasteiger partial charge is 0.471 e. The lowest BCUT2D eigenvalue weighted by Crippen LogP contribution is -2.31. The van der Waals surface area contributed by atoms with E-state index >= 15 is 0 Å². The number of halogens is 3. The summed E-state index contributed by atoms with van der Waals surface area (Å²) >= 11 is 0. The Labute approximate surface area is 149 Å². The minimum absolute atomic E-state index is 0.125. The first-order valence-electron chi connectivity index (χ1n) is 8.66. The molecule has 0 atom stereocenters. The van der Waals surface area contributed by atoms with Crippen molar-refractivity contribution in [3.8, 4) is 11.4 Å². The SMILES string of the molecule is O=C(CCN1CCCCC1)Cc1ccc(-c2noc(C(F)(F)F)n2)cc1. The van der Waals surface area contributed by atoms with Crippen molar-refractivity contribution >= 4 is 5.78 Å². The van der Waals surface area contributed by atoms with Crippen LogP contribution in [0, 0.1) is 0 Å². The van der Waals surface area contributed by atoms with Crippen molar-refractivity contribution in [1.29, 1.82) is 0 Å². The van der Waals surface area contributed by atoms with Crippen LogP contribution in [0.25, 0.3) is 11.4 Å². The van der Waals surface area contributed by atoms with Crippen molar-refractivity contribution in [1.82, 2.24) is 15.0 Å². The van der Waals surface area contributed by atoms with Gasteiger partial charge in [-0.25, -0.2) is 0 Å². The summed E-state index contributed by atoms with van der Waals surface area (Å²) in [5, 5.41) is 3.35. The molecule has 8 heteroatoms. The number of ketones is 1. The van der Waals surface area contributed by atoms with E-state index in [1.807, 2.05) is 0 Å². The first-order valence-corrected chi connectivity index (χ1v) is 8.66. The van der Waals surface area contributed by atoms with Crippen molar-refractivity contribution < 1.29 is 22.5 Å². The van der Waals surface area contributed by atoms with E-state index in [0.29, 0.717) is 18.4 Å². The van der Waals surface area contributed by atoms with Gasteiger partial charge in [0, 0.05) is 24.9 Å². The van der Waals surface area contributed by atoms with Gasteiger partial charge < -0.3 is 9.42 Å². The van der Waals surface area contributed by atoms with Crippen molar-refractivity contribution in [3.63, 3.8) is 0 Å². The van der Waals surface area contributed by atoms with Crippen molar-refractivity contribution in [2.24, 2.45) is 0 Å². The average Bonchev–Trinajstić information content (AvgIpc) is 3.12. The van der Waals surface area contributed by atoms with Crippen molar-refractivity contribution in [2.45, 2.75) is 38.3 Å². The molecule has 1 fully saturated rings. The van der Waals surface area contributed by atoms with Gasteiger partial charge in [-0.05, 0) is 31.5 Å². The summed E-state index contributed by atoms with van der Waals surface area (Å²) in [5.41, 5.74) is 1.23. The van der Waals surface area contributed by atoms with Gasteiger partial charge in [0.1, 0.15) is 5.78 Å². The number of nitrogens with zero attached hydrogens (tertiary/aromatic N) is 3. The second-order valence-electron chi connectivity index (χ2n) is 6.49. The lowest BCUT2D eigenvalue weighted by atomic mass is 10.0. The fourth-order valence-electron chi connectivity index (χ4n) is 3.01. The summed E-state index contributed by atoms with van der Waals surface area (Å²) in [7, 11) is 0. The Kier molecular flexibility index (Phi) is 5.70. The number of hydrogen-bond acceptors (Lipinski definition) is 5. The Balaban J connectivity index is 1.54. The quantitative estimate of drug-likeness (QED) is 0.778. The number of hydrogen-bond donors (Lipinski definition) is 0. The third-order valence-electron chi connectivity index (χ3n) is 4.44. The van der Waals surface area contributed by atoms with Crippen LogP contribution in [0.5, 0.6) is 0 Å². The van der Waals surface area contributed by atoms with Gasteiger partial charge in [-0.15, -0.1) is 0 Å². The Bertz CT molecular complexity index is 735. The molecule has 140 valence electrons. The molecule has 1 aromatic carbocycles. The highest BCUT2D eigenvalue weighted by Crippen LogP contribution is 2.29. The standard InChI is InChI=1S/C18H20F3N3O2/c19-18(20,21)17-22-16(23-26-17)14-6-4-13(5-7-14)12-15(25)8-11-24-9-2-1-3-10-24/h4-7H,1-3,8-12H2. The summed E-state index contributed by atoms with van der Waals surface area (Å²) in [5.74, 6) is -1.34. The summed E-state index contributed by atoms with van der Waals surface area (Å²) in [6, 6.07) is 6.60. The fourth-order valence-corrected chi connectivity index (χ4v) is 3.01. The monoisotopic (exact) mass is 367 g/mol. The van der Waals surface area contributed by atoms with Crippen LogP contribution in [0.1, 0.15) is 37.1 Å². The first-order chi connectivity index (χ1) is 12.4. The zero-order valence-corrected chi connectivity index (χ0v) is 14.3. The summed E-state index contributed by atoms with van der Waals surface area (Å²) in [6.07, 6.45) is -0.174. The van der Waals surface area contributed by atoms with Crippen LogP contribution in [0.15, 0.2) is 28.8 Å². The number of likely N-dealkylation sites (tertiary alicyclic amines) is 1. The number of carbonyl (C=O) groups excluding carboxylic acids is 1. The Morgan fingerprint density at radius 2 is 1.81 bits per heavy atom. The lowest BCUT2D eigenvalue weighted by Gasteiger charge is -2.25. The molecule has 0 radical (unpaired) electrons. The molecule has 0 amide bonds. The zero-order chi connectivity index (χ0) is 18.6. The summed E-state index contributed by atoms with van der Waals surface area (Å²) in [6.45, 7) is 2.92. The molecule has 2 aromatic rings. The van der Waals surface area contributed by atoms with E-state index in [4.69, 9.17) is 0 Å². The Morgan fingerprint density at radius 1 is 1.12 bits per heavy atom. The maximum Gasteiger partial charge on any atom is 0.471 e. The van der Waals surface area contributed by atoms with E-state index in [0.717, 1.165) is 25.2 Å². The third-order valence-corrected chi connectivity index (χ3v) is 4.44. The van der Waals surface area contributed by atoms with E-state index in [9.17, 15) is 18.0 Å². The molecule has 0 bridgehead atoms. The summed E-state index contributed by atoms with van der Waals surface area (Å²) in [4.78, 5) is 17.8. The highest BCUT2D eigenvalue weighted by atomic mass is 19.4. The molecule has 26 heavy (non-hydrogen) atoms. The molecular formula is C18H20F3N3O2. The van der Waals surface area contributed by atoms with Crippen LogP contribution < -0.4 is 0 Å². The van der Waals surface area contributed by atoms with E-state index < -0.39 is 12.1 Å². The van der Waals surface area contributed by atoms with E-state index in [2.05, 4.69) is 19.6 Å². The smallest absolute Gasteiger partial charge is 0.329 e. The molecule has 3 rings (SSSR count). The molecule has 0 unspecified atom stereocenters. The number of carbonyl (C=O) groups is 1. The van der Waals surface area contributed by atoms with Gasteiger partial charge in [-0.3, -0.25) is 4.79 Å². The average molecular weight is 367 g/mol. The normalized spacial score (nSPS) is 16.0. The zero-order valence-electron chi connectivity index (χ0n) is 14.3. The number of Topliss-reactive ketones (excluding diaryl/α,β-unsaturated/α-hetero) is 1. The molecule has 1 aromatic heterocycles. The van der Waals surface area contributed by atoms with Gasteiger partial charge in [-0.2, -0.15) is 18.2 Å². The van der Waals surface area contributed by atoms with Crippen LogP contribution in [0.4, 0.5) is 13.2 Å². The Morgan fingerprint density at radius 3 is 2.42 bits per heavy atom. The number of rotatable bonds is 6. The van der Waals surface area contributed by atoms with Crippen LogP contribution in [-0.2, 0) is 17.4 Å². The van der Waals surface area contributed by atoms with Gasteiger partial charge >= 0.3 is 12.1 Å². The topological polar surface area (TPSA) is 59.2 Å². The van der Waals surface area contributed by atoms with Crippen molar-refractivity contribution in [3.05, 3.63) is 35.7 Å². The molecular weight excluding hydrogens is 347 g/mol. The highest BCUT2D eigenvalue weighted by molar-refractivity contribution is 5.81. The molecule has 1 aliphatic heterocycles. The number of alkyl halides is 3. The molecule has 0 N–H and O–H groups in total. The summed E-state index contributed by atoms with van der Waals surface area (Å²) < 4.78 is 41.7. The van der Waals surface area contributed by atoms with E-state index in [1.165, 1.54) is 19.3 Å². The molecule has 2 heterocycles. The van der Waals surface area contributed by atoms with Crippen LogP contribution in [-0.4, -0.2) is 40.5 Å². The van der Waals surface area contributed by atoms with Crippen LogP contribution >= 0.6 is 0 Å². The predicted octanol–water partition coefficient (Wildman–Crippen LogP) is 3.74. The van der Waals surface area contributed by atoms with Gasteiger partial charge in [0.25, 0.3) is 0 Å². The van der Waals surface area contributed by atoms with Gasteiger partial charge in [0.2, 0.25) is 5.82 Å². The van der Waals surface area contributed by atoms with Crippen molar-refractivity contribution in [2.75, 3.05) is 19.6 Å². The van der Waals surface area contributed by atoms with E-state index in [-0.39, 0.29) is 11.6 Å². The Hall–Kier alpha value is -2.22. The molecule has 0 saturated carbocycles. The third kappa shape index (κ3) is 4.91. The maximum absolute atomic E-state index is 12.5. The minimum Gasteiger partial charge on any atom is -0.329 e. The lowest BCUT2D eigenvalue weighted by molar-refractivity contribution is -0.159. The number of piperidine rings is 1. The molecule has 1 aliphatic rings. The van der Waals surface area contributed by atoms with Crippen LogP contribution in [0.3, 0.4) is 0 Å².